The average molecular weight is 334 g/mol. The van der Waals surface area contributed by atoms with E-state index in [9.17, 15) is 4.39 Å². The van der Waals surface area contributed by atoms with Gasteiger partial charge in [-0.3, -0.25) is 0 Å². The zero-order valence-corrected chi connectivity index (χ0v) is 12.8. The normalized spacial score (nSPS) is 20.9. The quantitative estimate of drug-likeness (QED) is 0.903. The number of fused-ring (bicyclic) bond motifs is 1. The van der Waals surface area contributed by atoms with E-state index in [4.69, 9.17) is 5.73 Å². The Morgan fingerprint density at radius 1 is 1.20 bits per heavy atom. The lowest BCUT2D eigenvalue weighted by molar-refractivity contribution is 0.431. The fourth-order valence-corrected chi connectivity index (χ4v) is 3.70. The fraction of sp³-hybridized carbons (Fsp3) is 0.294. The summed E-state index contributed by atoms with van der Waals surface area (Å²) in [4.78, 5) is 0. The van der Waals surface area contributed by atoms with Gasteiger partial charge in [-0.05, 0) is 64.0 Å². The van der Waals surface area contributed by atoms with Crippen LogP contribution in [0.1, 0.15) is 23.1 Å². The maximum absolute atomic E-state index is 13.4. The standard InChI is InChI=1S/C17H17BrFN/c18-15-9-12(5-6-16(15)19)10-17(11-20)8-7-13-3-1-2-4-14(13)17/h1-6,9H,7-8,10-11,20H2. The van der Waals surface area contributed by atoms with Crippen LogP contribution < -0.4 is 5.73 Å². The summed E-state index contributed by atoms with van der Waals surface area (Å²) in [6.07, 6.45) is 3.01. The summed E-state index contributed by atoms with van der Waals surface area (Å²) in [6, 6.07) is 13.8. The summed E-state index contributed by atoms with van der Waals surface area (Å²) >= 11 is 3.26. The molecule has 0 spiro atoms. The van der Waals surface area contributed by atoms with Crippen molar-refractivity contribution >= 4 is 15.9 Å². The molecule has 3 rings (SSSR count). The molecular formula is C17H17BrFN. The molecule has 0 amide bonds. The summed E-state index contributed by atoms with van der Waals surface area (Å²) in [7, 11) is 0. The van der Waals surface area contributed by atoms with Crippen LogP contribution in [0.2, 0.25) is 0 Å². The van der Waals surface area contributed by atoms with Crippen LogP contribution in [-0.4, -0.2) is 6.54 Å². The highest BCUT2D eigenvalue weighted by Gasteiger charge is 2.37. The van der Waals surface area contributed by atoms with Crippen molar-refractivity contribution in [2.24, 2.45) is 5.73 Å². The molecule has 0 aliphatic heterocycles. The molecule has 0 radical (unpaired) electrons. The zero-order chi connectivity index (χ0) is 14.2. The minimum Gasteiger partial charge on any atom is -0.330 e. The van der Waals surface area contributed by atoms with Gasteiger partial charge in [0.2, 0.25) is 0 Å². The van der Waals surface area contributed by atoms with Crippen LogP contribution in [0, 0.1) is 5.82 Å². The van der Waals surface area contributed by atoms with Crippen LogP contribution in [0.4, 0.5) is 4.39 Å². The number of halogens is 2. The highest BCUT2D eigenvalue weighted by atomic mass is 79.9. The van der Waals surface area contributed by atoms with E-state index in [1.165, 1.54) is 17.2 Å². The van der Waals surface area contributed by atoms with Crippen LogP contribution in [-0.2, 0) is 18.3 Å². The molecule has 1 unspecified atom stereocenters. The highest BCUT2D eigenvalue weighted by Crippen LogP contribution is 2.41. The summed E-state index contributed by atoms with van der Waals surface area (Å²) < 4.78 is 13.9. The SMILES string of the molecule is NCC1(Cc2ccc(F)c(Br)c2)CCc2ccccc21. The van der Waals surface area contributed by atoms with Gasteiger partial charge in [0.1, 0.15) is 5.82 Å². The third-order valence-corrected chi connectivity index (χ3v) is 4.99. The van der Waals surface area contributed by atoms with Gasteiger partial charge in [-0.25, -0.2) is 4.39 Å². The minimum atomic E-state index is -0.220. The molecule has 0 bridgehead atoms. The van der Waals surface area contributed by atoms with Crippen molar-refractivity contribution in [3.05, 3.63) is 69.4 Å². The molecule has 20 heavy (non-hydrogen) atoms. The van der Waals surface area contributed by atoms with Crippen molar-refractivity contribution in [1.29, 1.82) is 0 Å². The fourth-order valence-electron chi connectivity index (χ4n) is 3.27. The van der Waals surface area contributed by atoms with Crippen LogP contribution in [0.15, 0.2) is 46.9 Å². The van der Waals surface area contributed by atoms with E-state index >= 15 is 0 Å². The lowest BCUT2D eigenvalue weighted by Gasteiger charge is -2.29. The van der Waals surface area contributed by atoms with Crippen molar-refractivity contribution in [2.45, 2.75) is 24.7 Å². The molecule has 0 aromatic heterocycles. The molecule has 2 N–H and O–H groups in total. The molecule has 0 heterocycles. The largest absolute Gasteiger partial charge is 0.330 e. The number of nitrogens with two attached hydrogens (primary N) is 1. The van der Waals surface area contributed by atoms with Crippen molar-refractivity contribution in [2.75, 3.05) is 6.54 Å². The van der Waals surface area contributed by atoms with Gasteiger partial charge in [0, 0.05) is 12.0 Å². The molecule has 3 heteroatoms. The van der Waals surface area contributed by atoms with E-state index < -0.39 is 0 Å². The lowest BCUT2D eigenvalue weighted by atomic mass is 9.76. The Hall–Kier alpha value is -1.19. The third-order valence-electron chi connectivity index (χ3n) is 4.38. The molecule has 1 nitrogen and oxygen atoms in total. The monoisotopic (exact) mass is 333 g/mol. The van der Waals surface area contributed by atoms with Gasteiger partial charge in [-0.1, -0.05) is 30.3 Å². The molecule has 1 atom stereocenters. The van der Waals surface area contributed by atoms with Crippen molar-refractivity contribution in [3.8, 4) is 0 Å². The Bertz CT molecular complexity index is 641. The van der Waals surface area contributed by atoms with E-state index in [-0.39, 0.29) is 11.2 Å². The lowest BCUT2D eigenvalue weighted by Crippen LogP contribution is -2.35. The number of aryl methyl sites for hydroxylation is 1. The number of benzene rings is 2. The van der Waals surface area contributed by atoms with E-state index in [1.54, 1.807) is 0 Å². The van der Waals surface area contributed by atoms with Gasteiger partial charge in [-0.15, -0.1) is 0 Å². The van der Waals surface area contributed by atoms with Gasteiger partial charge >= 0.3 is 0 Å². The van der Waals surface area contributed by atoms with Crippen molar-refractivity contribution < 1.29 is 4.39 Å². The second-order valence-electron chi connectivity index (χ2n) is 5.57. The van der Waals surface area contributed by atoms with Crippen molar-refractivity contribution in [1.82, 2.24) is 0 Å². The first-order valence-electron chi connectivity index (χ1n) is 6.87. The van der Waals surface area contributed by atoms with Gasteiger partial charge in [0.05, 0.1) is 4.47 Å². The summed E-state index contributed by atoms with van der Waals surface area (Å²) in [5.74, 6) is -0.220. The smallest absolute Gasteiger partial charge is 0.137 e. The number of rotatable bonds is 3. The van der Waals surface area contributed by atoms with E-state index in [0.717, 1.165) is 24.8 Å². The van der Waals surface area contributed by atoms with E-state index in [1.807, 2.05) is 12.1 Å². The molecule has 1 aliphatic rings. The van der Waals surface area contributed by atoms with Crippen LogP contribution in [0.3, 0.4) is 0 Å². The molecule has 0 fully saturated rings. The van der Waals surface area contributed by atoms with Gasteiger partial charge in [0.25, 0.3) is 0 Å². The van der Waals surface area contributed by atoms with Gasteiger partial charge < -0.3 is 5.73 Å². The molecule has 2 aromatic rings. The molecule has 104 valence electrons. The first-order chi connectivity index (χ1) is 9.64. The maximum atomic E-state index is 13.4. The first kappa shape index (κ1) is 13.8. The molecule has 2 aromatic carbocycles. The Morgan fingerprint density at radius 3 is 2.75 bits per heavy atom. The van der Waals surface area contributed by atoms with E-state index in [2.05, 4.69) is 40.2 Å². The van der Waals surface area contributed by atoms with Gasteiger partial charge in [0.15, 0.2) is 0 Å². The third kappa shape index (κ3) is 2.29. The van der Waals surface area contributed by atoms with Crippen molar-refractivity contribution in [3.63, 3.8) is 0 Å². The van der Waals surface area contributed by atoms with Crippen LogP contribution in [0.25, 0.3) is 0 Å². The molecule has 0 saturated heterocycles. The molecular weight excluding hydrogens is 317 g/mol. The highest BCUT2D eigenvalue weighted by molar-refractivity contribution is 9.10. The Morgan fingerprint density at radius 2 is 2.00 bits per heavy atom. The average Bonchev–Trinajstić information content (AvgIpc) is 2.83. The predicted octanol–water partition coefficient (Wildman–Crippen LogP) is 3.97. The summed E-state index contributed by atoms with van der Waals surface area (Å²) in [5, 5.41) is 0. The Labute approximate surface area is 127 Å². The van der Waals surface area contributed by atoms with Crippen LogP contribution >= 0.6 is 15.9 Å². The Kier molecular flexibility index (Phi) is 3.65. The number of hydrogen-bond donors (Lipinski definition) is 1. The van der Waals surface area contributed by atoms with E-state index in [0.29, 0.717) is 11.0 Å². The van der Waals surface area contributed by atoms with Crippen LogP contribution in [0.5, 0.6) is 0 Å². The second-order valence-corrected chi connectivity index (χ2v) is 6.42. The second kappa shape index (κ2) is 5.30. The zero-order valence-electron chi connectivity index (χ0n) is 11.2. The molecule has 1 aliphatic carbocycles. The summed E-state index contributed by atoms with van der Waals surface area (Å²) in [6.45, 7) is 0.624. The number of hydrogen-bond acceptors (Lipinski definition) is 1. The molecule has 0 saturated carbocycles. The maximum Gasteiger partial charge on any atom is 0.137 e. The Balaban J connectivity index is 1.97. The predicted molar refractivity (Wildman–Crippen MR) is 83.3 cm³/mol. The topological polar surface area (TPSA) is 26.0 Å². The van der Waals surface area contributed by atoms with Gasteiger partial charge in [-0.2, -0.15) is 0 Å². The minimum absolute atomic E-state index is 0.00609. The first-order valence-corrected chi connectivity index (χ1v) is 7.66. The summed E-state index contributed by atoms with van der Waals surface area (Å²) in [5.41, 5.74) is 10.00.